The summed E-state index contributed by atoms with van der Waals surface area (Å²) >= 11 is 0. The highest BCUT2D eigenvalue weighted by Gasteiger charge is 2.19. The summed E-state index contributed by atoms with van der Waals surface area (Å²) in [4.78, 5) is 5.88. The second-order valence-electron chi connectivity index (χ2n) is 2.92. The van der Waals surface area contributed by atoms with Crippen LogP contribution >= 0.6 is 0 Å². The summed E-state index contributed by atoms with van der Waals surface area (Å²) in [5.41, 5.74) is 6.08. The van der Waals surface area contributed by atoms with Crippen LogP contribution in [0.5, 0.6) is 0 Å². The first-order chi connectivity index (χ1) is 8.43. The molecule has 0 aliphatic heterocycles. The molecule has 2 aromatic heterocycles. The highest BCUT2D eigenvalue weighted by atomic mass is 19.2. The molecule has 2 N–H and O–H groups in total. The molecule has 0 amide bonds. The van der Waals surface area contributed by atoms with Crippen molar-refractivity contribution in [3.63, 3.8) is 0 Å². The Morgan fingerprint density at radius 1 is 0.778 bits per heavy atom. The van der Waals surface area contributed by atoms with Gasteiger partial charge in [-0.15, -0.1) is 0 Å². The van der Waals surface area contributed by atoms with E-state index in [4.69, 9.17) is 5.73 Å². The van der Waals surface area contributed by atoms with Crippen LogP contribution in [0.3, 0.4) is 0 Å². The van der Waals surface area contributed by atoms with Gasteiger partial charge in [0.1, 0.15) is 0 Å². The van der Waals surface area contributed by atoms with Gasteiger partial charge >= 0.3 is 0 Å². The van der Waals surface area contributed by atoms with Crippen molar-refractivity contribution in [1.29, 1.82) is 0 Å². The van der Waals surface area contributed by atoms with E-state index < -0.39 is 29.3 Å². The van der Waals surface area contributed by atoms with Gasteiger partial charge in [0, 0.05) is 18.1 Å². The lowest BCUT2D eigenvalue weighted by Gasteiger charge is -1.95. The van der Waals surface area contributed by atoms with Gasteiger partial charge in [-0.3, -0.25) is 4.98 Å². The molecule has 8 heteroatoms. The van der Waals surface area contributed by atoms with Gasteiger partial charge in [-0.2, -0.15) is 22.5 Å². The Balaban J connectivity index is 0.000000199. The fourth-order valence-corrected chi connectivity index (χ4v) is 0.825. The van der Waals surface area contributed by atoms with Crippen molar-refractivity contribution in [3.05, 3.63) is 53.9 Å². The van der Waals surface area contributed by atoms with E-state index in [-0.39, 0.29) is 0 Å². The average Bonchev–Trinajstić information content (AvgIpc) is 2.36. The van der Waals surface area contributed by atoms with Crippen LogP contribution in [0.15, 0.2) is 24.5 Å². The third kappa shape index (κ3) is 3.37. The number of nitrogens with zero attached hydrogens (tertiary/aromatic N) is 2. The van der Waals surface area contributed by atoms with Crippen molar-refractivity contribution >= 4 is 5.69 Å². The standard InChI is InChI=1S/C5F5N.C5H6N2/c6-1-2(7)4(9)11-5(10)3(1)8;6-5-1-3-7-4-2-5/h;1-4H,(H2,6,7). The zero-order valence-corrected chi connectivity index (χ0v) is 8.67. The van der Waals surface area contributed by atoms with Crippen LogP contribution in [0, 0.1) is 29.3 Å². The van der Waals surface area contributed by atoms with Gasteiger partial charge in [-0.05, 0) is 12.1 Å². The number of halogens is 5. The number of rotatable bonds is 0. The van der Waals surface area contributed by atoms with Gasteiger partial charge < -0.3 is 5.73 Å². The molecule has 0 saturated heterocycles. The molecule has 2 heterocycles. The van der Waals surface area contributed by atoms with Gasteiger partial charge in [0.15, 0.2) is 0 Å². The third-order valence-electron chi connectivity index (χ3n) is 1.65. The van der Waals surface area contributed by atoms with Crippen LogP contribution in [0.1, 0.15) is 0 Å². The van der Waals surface area contributed by atoms with E-state index in [1.807, 2.05) is 0 Å². The fraction of sp³-hybridized carbons (Fsp3) is 0. The topological polar surface area (TPSA) is 51.8 Å². The van der Waals surface area contributed by atoms with Crippen LogP contribution < -0.4 is 5.73 Å². The van der Waals surface area contributed by atoms with Gasteiger partial charge in [0.05, 0.1) is 0 Å². The van der Waals surface area contributed by atoms with E-state index >= 15 is 0 Å². The van der Waals surface area contributed by atoms with E-state index in [1.165, 1.54) is 0 Å². The van der Waals surface area contributed by atoms with Crippen LogP contribution in [-0.4, -0.2) is 9.97 Å². The van der Waals surface area contributed by atoms with Crippen LogP contribution in [-0.2, 0) is 0 Å². The summed E-state index contributed by atoms with van der Waals surface area (Å²) in [6.45, 7) is 0. The van der Waals surface area contributed by atoms with E-state index in [1.54, 1.807) is 24.5 Å². The molecule has 0 saturated carbocycles. The maximum atomic E-state index is 12.0. The molecule has 2 aromatic rings. The second-order valence-corrected chi connectivity index (χ2v) is 2.92. The van der Waals surface area contributed by atoms with E-state index in [9.17, 15) is 22.0 Å². The predicted molar refractivity (Wildman–Crippen MR) is 52.7 cm³/mol. The van der Waals surface area contributed by atoms with Crippen LogP contribution in [0.2, 0.25) is 0 Å². The van der Waals surface area contributed by atoms with Crippen LogP contribution in [0.25, 0.3) is 0 Å². The van der Waals surface area contributed by atoms with Crippen molar-refractivity contribution in [2.45, 2.75) is 0 Å². The van der Waals surface area contributed by atoms with Crippen molar-refractivity contribution in [2.75, 3.05) is 5.73 Å². The molecule has 0 unspecified atom stereocenters. The summed E-state index contributed by atoms with van der Waals surface area (Å²) in [5.74, 6) is -10.4. The number of nitrogens with two attached hydrogens (primary N) is 1. The SMILES string of the molecule is Fc1nc(F)c(F)c(F)c1F.Nc1ccncc1. The summed E-state index contributed by atoms with van der Waals surface area (Å²) in [6, 6.07) is 3.50. The maximum Gasteiger partial charge on any atom is 0.254 e. The van der Waals surface area contributed by atoms with Crippen molar-refractivity contribution in [2.24, 2.45) is 0 Å². The minimum absolute atomic E-state index is 0.759. The lowest BCUT2D eigenvalue weighted by Crippen LogP contribution is -2.03. The predicted octanol–water partition coefficient (Wildman–Crippen LogP) is 2.44. The molecular weight excluding hydrogens is 257 g/mol. The Morgan fingerprint density at radius 3 is 1.56 bits per heavy atom. The Kier molecular flexibility index (Phi) is 4.52. The number of aromatic nitrogens is 2. The number of hydrogen-bond acceptors (Lipinski definition) is 3. The van der Waals surface area contributed by atoms with Gasteiger partial charge in [0.2, 0.25) is 17.5 Å². The number of hydrogen-bond donors (Lipinski definition) is 1. The molecule has 3 nitrogen and oxygen atoms in total. The van der Waals surface area contributed by atoms with E-state index in [2.05, 4.69) is 9.97 Å². The molecule has 0 bridgehead atoms. The molecular formula is C10H6F5N3. The Labute approximate surface area is 98.1 Å². The normalized spacial score (nSPS) is 9.61. The maximum absolute atomic E-state index is 12.0. The quantitative estimate of drug-likeness (QED) is 0.586. The first-order valence-electron chi connectivity index (χ1n) is 4.44. The van der Waals surface area contributed by atoms with Crippen molar-refractivity contribution < 1.29 is 22.0 Å². The Bertz CT molecular complexity index is 507. The molecule has 2 rings (SSSR count). The number of nitrogen functional groups attached to an aromatic ring is 1. The molecule has 0 atom stereocenters. The monoisotopic (exact) mass is 263 g/mol. The van der Waals surface area contributed by atoms with Crippen molar-refractivity contribution in [1.82, 2.24) is 9.97 Å². The molecule has 0 aromatic carbocycles. The Morgan fingerprint density at radius 2 is 1.22 bits per heavy atom. The molecule has 0 spiro atoms. The van der Waals surface area contributed by atoms with Gasteiger partial charge in [0.25, 0.3) is 11.9 Å². The number of pyridine rings is 2. The minimum Gasteiger partial charge on any atom is -0.399 e. The molecule has 0 aliphatic carbocycles. The fourth-order valence-electron chi connectivity index (χ4n) is 0.825. The summed E-state index contributed by atoms with van der Waals surface area (Å²) in [7, 11) is 0. The summed E-state index contributed by atoms with van der Waals surface area (Å²) < 4.78 is 59.7. The van der Waals surface area contributed by atoms with E-state index in [0.717, 1.165) is 5.69 Å². The largest absolute Gasteiger partial charge is 0.399 e. The molecule has 18 heavy (non-hydrogen) atoms. The lowest BCUT2D eigenvalue weighted by atomic mass is 10.4. The Hall–Kier alpha value is -2.25. The summed E-state index contributed by atoms with van der Waals surface area (Å²) in [6.07, 6.45) is 3.32. The zero-order chi connectivity index (χ0) is 13.7. The van der Waals surface area contributed by atoms with Crippen molar-refractivity contribution in [3.8, 4) is 0 Å². The average molecular weight is 263 g/mol. The van der Waals surface area contributed by atoms with Gasteiger partial charge in [-0.1, -0.05) is 0 Å². The number of anilines is 1. The smallest absolute Gasteiger partial charge is 0.254 e. The molecule has 0 aliphatic rings. The van der Waals surface area contributed by atoms with Gasteiger partial charge in [-0.25, -0.2) is 4.39 Å². The third-order valence-corrected chi connectivity index (χ3v) is 1.65. The summed E-state index contributed by atoms with van der Waals surface area (Å²) in [5, 5.41) is 0. The highest BCUT2D eigenvalue weighted by molar-refractivity contribution is 5.33. The van der Waals surface area contributed by atoms with E-state index in [0.29, 0.717) is 0 Å². The molecule has 0 fully saturated rings. The second kappa shape index (κ2) is 5.89. The molecule has 0 radical (unpaired) electrons. The van der Waals surface area contributed by atoms with Crippen LogP contribution in [0.4, 0.5) is 27.6 Å². The minimum atomic E-state index is -2.20. The lowest BCUT2D eigenvalue weighted by molar-refractivity contribution is 0.348. The highest BCUT2D eigenvalue weighted by Crippen LogP contribution is 2.13. The molecule has 96 valence electrons. The first-order valence-corrected chi connectivity index (χ1v) is 4.44. The first kappa shape index (κ1) is 13.8. The zero-order valence-electron chi connectivity index (χ0n) is 8.67.